The van der Waals surface area contributed by atoms with E-state index < -0.39 is 0 Å². The molecule has 0 spiro atoms. The molecule has 3 atom stereocenters. The van der Waals surface area contributed by atoms with E-state index in [1.54, 1.807) is 6.20 Å². The largest absolute Gasteiger partial charge is 0.373 e. The molecular formula is C18H20N2O3S. The lowest BCUT2D eigenvalue weighted by Crippen LogP contribution is -2.43. The van der Waals surface area contributed by atoms with Crippen LogP contribution >= 0.6 is 11.3 Å². The lowest BCUT2D eigenvalue weighted by molar-refractivity contribution is -0.0814. The zero-order chi connectivity index (χ0) is 16.4. The quantitative estimate of drug-likeness (QED) is 0.856. The van der Waals surface area contributed by atoms with Crippen LogP contribution in [-0.4, -0.2) is 47.2 Å². The average Bonchev–Trinajstić information content (AvgIpc) is 3.29. The van der Waals surface area contributed by atoms with Gasteiger partial charge in [-0.25, -0.2) is 0 Å². The second-order valence-corrected chi connectivity index (χ2v) is 7.10. The molecule has 2 saturated heterocycles. The van der Waals surface area contributed by atoms with E-state index in [1.807, 2.05) is 40.6 Å². The molecule has 4 heterocycles. The fraction of sp³-hybridized carbons (Fsp3) is 0.444. The van der Waals surface area contributed by atoms with Crippen LogP contribution in [0.5, 0.6) is 0 Å². The SMILES string of the molecule is O=C(c1cccs1)N1C[C@H](OCc2ccccn2)[C@H]2OCCC[C@H]21. The van der Waals surface area contributed by atoms with Crippen molar-refractivity contribution in [3.05, 3.63) is 52.5 Å². The van der Waals surface area contributed by atoms with E-state index in [2.05, 4.69) is 4.98 Å². The summed E-state index contributed by atoms with van der Waals surface area (Å²) in [4.78, 5) is 19.8. The Labute approximate surface area is 145 Å². The number of hydrogen-bond acceptors (Lipinski definition) is 5. The van der Waals surface area contributed by atoms with Crippen molar-refractivity contribution in [3.8, 4) is 0 Å². The first-order valence-electron chi connectivity index (χ1n) is 8.30. The third-order valence-electron chi connectivity index (χ3n) is 4.64. The molecule has 24 heavy (non-hydrogen) atoms. The normalized spacial score (nSPS) is 26.3. The van der Waals surface area contributed by atoms with Gasteiger partial charge in [0, 0.05) is 12.8 Å². The van der Waals surface area contributed by atoms with E-state index in [1.165, 1.54) is 11.3 Å². The van der Waals surface area contributed by atoms with Gasteiger partial charge in [-0.1, -0.05) is 12.1 Å². The molecule has 2 aromatic heterocycles. The summed E-state index contributed by atoms with van der Waals surface area (Å²) in [6.07, 6.45) is 3.60. The van der Waals surface area contributed by atoms with Crippen LogP contribution < -0.4 is 0 Å². The maximum absolute atomic E-state index is 12.8. The fourth-order valence-corrected chi connectivity index (χ4v) is 4.19. The van der Waals surface area contributed by atoms with E-state index in [-0.39, 0.29) is 24.2 Å². The summed E-state index contributed by atoms with van der Waals surface area (Å²) in [5.41, 5.74) is 0.896. The van der Waals surface area contributed by atoms with Crippen LogP contribution in [0.25, 0.3) is 0 Å². The molecule has 2 aromatic rings. The zero-order valence-corrected chi connectivity index (χ0v) is 14.2. The number of amides is 1. The Bertz CT molecular complexity index is 677. The minimum atomic E-state index is -0.0961. The molecule has 1 amide bonds. The van der Waals surface area contributed by atoms with Crippen molar-refractivity contribution < 1.29 is 14.3 Å². The molecule has 2 aliphatic heterocycles. The smallest absolute Gasteiger partial charge is 0.264 e. The molecule has 0 N–H and O–H groups in total. The van der Waals surface area contributed by atoms with Crippen LogP contribution in [0.3, 0.4) is 0 Å². The van der Waals surface area contributed by atoms with Crippen molar-refractivity contribution >= 4 is 17.2 Å². The number of aromatic nitrogens is 1. The molecule has 2 fully saturated rings. The Kier molecular flexibility index (Phi) is 4.60. The predicted molar refractivity (Wildman–Crippen MR) is 90.9 cm³/mol. The van der Waals surface area contributed by atoms with Gasteiger partial charge in [0.1, 0.15) is 12.2 Å². The summed E-state index contributed by atoms with van der Waals surface area (Å²) in [6.45, 7) is 1.77. The molecule has 0 bridgehead atoms. The zero-order valence-electron chi connectivity index (χ0n) is 13.3. The van der Waals surface area contributed by atoms with Crippen LogP contribution in [-0.2, 0) is 16.1 Å². The van der Waals surface area contributed by atoms with Crippen molar-refractivity contribution in [3.63, 3.8) is 0 Å². The lowest BCUT2D eigenvalue weighted by Gasteiger charge is -2.32. The Morgan fingerprint density at radius 1 is 1.38 bits per heavy atom. The molecule has 2 aliphatic rings. The fourth-order valence-electron chi connectivity index (χ4n) is 3.51. The standard InChI is InChI=1S/C18H20N2O3S/c21-18(16-7-4-10-24-16)20-11-15(17-14(20)6-3-9-22-17)23-12-13-5-1-2-8-19-13/h1-2,4-5,7-8,10,14-15,17H,3,6,9,11-12H2/t14-,15+,17+/m1/s1. The molecule has 0 aromatic carbocycles. The van der Waals surface area contributed by atoms with Crippen LogP contribution in [0.4, 0.5) is 0 Å². The van der Waals surface area contributed by atoms with Gasteiger partial charge in [-0.15, -0.1) is 11.3 Å². The second-order valence-electron chi connectivity index (χ2n) is 6.15. The number of nitrogens with zero attached hydrogens (tertiary/aromatic N) is 2. The van der Waals surface area contributed by atoms with Gasteiger partial charge in [-0.05, 0) is 36.4 Å². The molecular weight excluding hydrogens is 324 g/mol. The third-order valence-corrected chi connectivity index (χ3v) is 5.50. The number of pyridine rings is 1. The summed E-state index contributed by atoms with van der Waals surface area (Å²) in [5, 5.41) is 1.94. The van der Waals surface area contributed by atoms with Crippen LogP contribution in [0.15, 0.2) is 41.9 Å². The van der Waals surface area contributed by atoms with Crippen molar-refractivity contribution in [1.82, 2.24) is 9.88 Å². The number of ether oxygens (including phenoxy) is 2. The first-order valence-corrected chi connectivity index (χ1v) is 9.18. The number of carbonyl (C=O) groups excluding carboxylic acids is 1. The van der Waals surface area contributed by atoms with Gasteiger partial charge in [-0.3, -0.25) is 9.78 Å². The molecule has 0 saturated carbocycles. The number of fused-ring (bicyclic) bond motifs is 1. The van der Waals surface area contributed by atoms with Gasteiger partial charge in [0.05, 0.1) is 29.8 Å². The highest BCUT2D eigenvalue weighted by molar-refractivity contribution is 7.12. The average molecular weight is 344 g/mol. The van der Waals surface area contributed by atoms with Crippen LogP contribution in [0, 0.1) is 0 Å². The van der Waals surface area contributed by atoms with Gasteiger partial charge < -0.3 is 14.4 Å². The maximum Gasteiger partial charge on any atom is 0.264 e. The highest BCUT2D eigenvalue weighted by atomic mass is 32.1. The summed E-state index contributed by atoms with van der Waals surface area (Å²) >= 11 is 1.49. The molecule has 5 nitrogen and oxygen atoms in total. The van der Waals surface area contributed by atoms with Crippen molar-refractivity contribution in [2.45, 2.75) is 37.7 Å². The predicted octanol–water partition coefficient (Wildman–Crippen LogP) is 2.73. The van der Waals surface area contributed by atoms with E-state index in [4.69, 9.17) is 9.47 Å². The third kappa shape index (κ3) is 3.09. The van der Waals surface area contributed by atoms with Crippen molar-refractivity contribution in [2.75, 3.05) is 13.2 Å². The Morgan fingerprint density at radius 2 is 2.33 bits per heavy atom. The number of hydrogen-bond donors (Lipinski definition) is 0. The van der Waals surface area contributed by atoms with E-state index >= 15 is 0 Å². The van der Waals surface area contributed by atoms with Gasteiger partial charge in [0.2, 0.25) is 0 Å². The highest BCUT2D eigenvalue weighted by Gasteiger charge is 2.47. The minimum Gasteiger partial charge on any atom is -0.373 e. The van der Waals surface area contributed by atoms with Gasteiger partial charge in [0.25, 0.3) is 5.91 Å². The second kappa shape index (κ2) is 7.01. The molecule has 6 heteroatoms. The Morgan fingerprint density at radius 3 is 3.12 bits per heavy atom. The number of rotatable bonds is 4. The first kappa shape index (κ1) is 15.7. The van der Waals surface area contributed by atoms with Gasteiger partial charge in [-0.2, -0.15) is 0 Å². The lowest BCUT2D eigenvalue weighted by atomic mass is 10.0. The van der Waals surface area contributed by atoms with Gasteiger partial charge >= 0.3 is 0 Å². The Balaban J connectivity index is 1.48. The topological polar surface area (TPSA) is 51.7 Å². The summed E-state index contributed by atoms with van der Waals surface area (Å²) in [7, 11) is 0. The van der Waals surface area contributed by atoms with Crippen LogP contribution in [0.2, 0.25) is 0 Å². The molecule has 0 unspecified atom stereocenters. The maximum atomic E-state index is 12.8. The Hall–Kier alpha value is -1.76. The number of likely N-dealkylation sites (tertiary alicyclic amines) is 1. The molecule has 0 radical (unpaired) electrons. The van der Waals surface area contributed by atoms with E-state index in [0.717, 1.165) is 30.0 Å². The highest BCUT2D eigenvalue weighted by Crippen LogP contribution is 2.32. The first-order chi connectivity index (χ1) is 11.8. The molecule has 0 aliphatic carbocycles. The molecule has 126 valence electrons. The van der Waals surface area contributed by atoms with Crippen molar-refractivity contribution in [2.24, 2.45) is 0 Å². The number of carbonyl (C=O) groups is 1. The minimum absolute atomic E-state index is 0.0358. The summed E-state index contributed by atoms with van der Waals surface area (Å²) in [6, 6.07) is 9.70. The number of thiophene rings is 1. The molecule has 4 rings (SSSR count). The van der Waals surface area contributed by atoms with E-state index in [9.17, 15) is 4.79 Å². The summed E-state index contributed by atoms with van der Waals surface area (Å²) in [5.74, 6) is 0.0921. The van der Waals surface area contributed by atoms with Crippen molar-refractivity contribution in [1.29, 1.82) is 0 Å². The van der Waals surface area contributed by atoms with E-state index in [0.29, 0.717) is 13.2 Å². The summed E-state index contributed by atoms with van der Waals surface area (Å²) < 4.78 is 12.0. The van der Waals surface area contributed by atoms with Gasteiger partial charge in [0.15, 0.2) is 0 Å². The van der Waals surface area contributed by atoms with Crippen LogP contribution in [0.1, 0.15) is 28.2 Å². The monoisotopic (exact) mass is 344 g/mol.